The first kappa shape index (κ1) is 29.4. The van der Waals surface area contributed by atoms with Gasteiger partial charge in [0.1, 0.15) is 28.7 Å². The molecule has 3 aromatic rings. The lowest BCUT2D eigenvalue weighted by molar-refractivity contribution is -0.190. The van der Waals surface area contributed by atoms with Gasteiger partial charge in [-0.15, -0.1) is 6.58 Å². The van der Waals surface area contributed by atoms with Gasteiger partial charge >= 0.3 is 18.3 Å². The van der Waals surface area contributed by atoms with Gasteiger partial charge in [-0.2, -0.15) is 26.3 Å². The Morgan fingerprint density at radius 3 is 1.72 bits per heavy atom. The van der Waals surface area contributed by atoms with Crippen LogP contribution in [0.5, 0.6) is 17.2 Å². The first-order valence-corrected chi connectivity index (χ1v) is 10.7. The normalized spacial score (nSPS) is 11.6. The molecule has 0 fully saturated rings. The zero-order valence-corrected chi connectivity index (χ0v) is 19.4. The molecule has 0 saturated carbocycles. The monoisotopic (exact) mass is 566 g/mol. The maximum Gasteiger partial charge on any atom is 0.432 e. The van der Waals surface area contributed by atoms with Crippen LogP contribution in [0.25, 0.3) is 0 Å². The van der Waals surface area contributed by atoms with E-state index in [1.54, 1.807) is 6.08 Å². The van der Waals surface area contributed by atoms with Gasteiger partial charge in [0, 0.05) is 24.3 Å². The number of hydrogen-bond acceptors (Lipinski definition) is 3. The summed E-state index contributed by atoms with van der Waals surface area (Å²) in [6, 6.07) is 5.01. The predicted molar refractivity (Wildman–Crippen MR) is 118 cm³/mol. The molecular formula is C26H16F10O3. The molecule has 39 heavy (non-hydrogen) atoms. The van der Waals surface area contributed by atoms with Gasteiger partial charge in [-0.3, -0.25) is 0 Å². The molecule has 0 unspecified atom stereocenters. The lowest BCUT2D eigenvalue weighted by atomic mass is 10.1. The summed E-state index contributed by atoms with van der Waals surface area (Å²) < 4.78 is 152. The van der Waals surface area contributed by atoms with Crippen molar-refractivity contribution in [2.45, 2.75) is 25.1 Å². The van der Waals surface area contributed by atoms with Crippen LogP contribution in [0, 0.1) is 23.3 Å². The maximum atomic E-state index is 14.6. The van der Waals surface area contributed by atoms with Crippen molar-refractivity contribution in [3.8, 4) is 17.2 Å². The molecule has 0 radical (unpaired) electrons. The highest BCUT2D eigenvalue weighted by Crippen LogP contribution is 2.40. The molecule has 3 rings (SSSR count). The molecule has 3 aromatic carbocycles. The zero-order valence-electron chi connectivity index (χ0n) is 19.4. The molecule has 3 nitrogen and oxygen atoms in total. The van der Waals surface area contributed by atoms with E-state index in [1.165, 1.54) is 12.1 Å². The Labute approximate surface area is 214 Å². The van der Waals surface area contributed by atoms with E-state index in [2.05, 4.69) is 20.8 Å². The minimum atomic E-state index is -4.93. The molecule has 0 heterocycles. The van der Waals surface area contributed by atoms with Crippen molar-refractivity contribution in [1.82, 2.24) is 0 Å². The van der Waals surface area contributed by atoms with Crippen molar-refractivity contribution in [3.05, 3.63) is 113 Å². The number of alkyl halides is 4. The zero-order chi connectivity index (χ0) is 29.0. The van der Waals surface area contributed by atoms with Crippen molar-refractivity contribution in [3.63, 3.8) is 0 Å². The molecule has 0 spiro atoms. The highest BCUT2D eigenvalue weighted by Gasteiger charge is 2.43. The second-order valence-corrected chi connectivity index (χ2v) is 7.77. The van der Waals surface area contributed by atoms with Crippen molar-refractivity contribution in [1.29, 1.82) is 0 Å². The molecule has 0 aromatic heterocycles. The average Bonchev–Trinajstić information content (AvgIpc) is 2.81. The minimum Gasteiger partial charge on any atom is -0.453 e. The summed E-state index contributed by atoms with van der Waals surface area (Å²) in [5.41, 5.74) is -2.08. The fourth-order valence-electron chi connectivity index (χ4n) is 3.24. The summed E-state index contributed by atoms with van der Waals surface area (Å²) in [6.45, 7) is 3.54. The van der Waals surface area contributed by atoms with E-state index in [-0.39, 0.29) is 30.5 Å². The van der Waals surface area contributed by atoms with Crippen molar-refractivity contribution in [2.75, 3.05) is 0 Å². The Hall–Kier alpha value is -4.16. The van der Waals surface area contributed by atoms with Gasteiger partial charge < -0.3 is 14.2 Å². The maximum absolute atomic E-state index is 14.6. The molecule has 0 saturated heterocycles. The number of allylic oxidation sites excluding steroid dienone is 1. The van der Waals surface area contributed by atoms with Crippen molar-refractivity contribution in [2.24, 2.45) is 0 Å². The molecule has 0 aliphatic heterocycles. The van der Waals surface area contributed by atoms with Crippen LogP contribution < -0.4 is 14.2 Å². The second-order valence-electron chi connectivity index (χ2n) is 7.77. The molecule has 208 valence electrons. The van der Waals surface area contributed by atoms with E-state index in [0.717, 1.165) is 12.1 Å². The van der Waals surface area contributed by atoms with Crippen LogP contribution in [0.4, 0.5) is 43.9 Å². The summed E-state index contributed by atoms with van der Waals surface area (Å²) in [7, 11) is 0. The predicted octanol–water partition coefficient (Wildman–Crippen LogP) is 8.73. The summed E-state index contributed by atoms with van der Waals surface area (Å²) >= 11 is 0. The third kappa shape index (κ3) is 7.24. The van der Waals surface area contributed by atoms with Gasteiger partial charge in [-0.1, -0.05) is 18.2 Å². The SMILES string of the molecule is C=CCCc1ccc(C(F)(F)Oc2cc(F)c(C(F)(F)Oc3cc(F)c(OC=C(F)F)c(F)c3)c(F)c2)cc1. The number of hydrogen-bond donors (Lipinski definition) is 0. The van der Waals surface area contributed by atoms with Crippen LogP contribution >= 0.6 is 0 Å². The van der Waals surface area contributed by atoms with E-state index in [4.69, 9.17) is 0 Å². The van der Waals surface area contributed by atoms with Crippen LogP contribution in [-0.4, -0.2) is 0 Å². The van der Waals surface area contributed by atoms with Gasteiger partial charge in [0.25, 0.3) is 0 Å². The molecule has 0 bridgehead atoms. The smallest absolute Gasteiger partial charge is 0.432 e. The van der Waals surface area contributed by atoms with Crippen LogP contribution in [-0.2, 0) is 18.6 Å². The van der Waals surface area contributed by atoms with Gasteiger partial charge in [-0.05, 0) is 30.5 Å². The molecular weight excluding hydrogens is 550 g/mol. The summed E-state index contributed by atoms with van der Waals surface area (Å²) in [6.07, 6.45) is -9.08. The van der Waals surface area contributed by atoms with E-state index in [1.807, 2.05) is 0 Å². The van der Waals surface area contributed by atoms with Crippen LogP contribution in [0.3, 0.4) is 0 Å². The Kier molecular flexibility index (Phi) is 8.82. The molecule has 0 aliphatic rings. The van der Waals surface area contributed by atoms with Crippen molar-refractivity contribution >= 4 is 0 Å². The lowest BCUT2D eigenvalue weighted by Gasteiger charge is -2.22. The van der Waals surface area contributed by atoms with Gasteiger partial charge in [0.2, 0.25) is 0 Å². The number of benzene rings is 3. The third-order valence-corrected chi connectivity index (χ3v) is 4.96. The largest absolute Gasteiger partial charge is 0.453 e. The summed E-state index contributed by atoms with van der Waals surface area (Å²) in [5, 5.41) is 0. The van der Waals surface area contributed by atoms with Crippen LogP contribution in [0.2, 0.25) is 0 Å². The third-order valence-electron chi connectivity index (χ3n) is 4.96. The number of aryl methyl sites for hydroxylation is 1. The standard InChI is InChI=1S/C26H16F10O3/c1-2-3-4-14-5-7-15(8-6-14)25(33,34)38-16-9-18(27)23(19(28)10-16)26(35,36)39-17-11-20(29)24(21(30)12-17)37-13-22(31)32/h2,5-13H,1,3-4H2. The van der Waals surface area contributed by atoms with E-state index in [0.29, 0.717) is 18.4 Å². The van der Waals surface area contributed by atoms with E-state index in [9.17, 15) is 43.9 Å². The Balaban J connectivity index is 1.82. The molecule has 0 N–H and O–H groups in total. The molecule has 0 amide bonds. The second kappa shape index (κ2) is 11.7. The Morgan fingerprint density at radius 1 is 0.744 bits per heavy atom. The Bertz CT molecular complexity index is 1320. The molecule has 0 aliphatic carbocycles. The van der Waals surface area contributed by atoms with Crippen LogP contribution in [0.15, 0.2) is 73.5 Å². The number of rotatable bonds is 11. The van der Waals surface area contributed by atoms with Crippen molar-refractivity contribution < 1.29 is 58.1 Å². The first-order chi connectivity index (χ1) is 18.2. The summed E-state index contributed by atoms with van der Waals surface area (Å²) in [5.74, 6) is -11.6. The minimum absolute atomic E-state index is 0.0397. The van der Waals surface area contributed by atoms with E-state index < -0.39 is 69.9 Å². The summed E-state index contributed by atoms with van der Waals surface area (Å²) in [4.78, 5) is 0. The molecule has 0 atom stereocenters. The van der Waals surface area contributed by atoms with Gasteiger partial charge in [0.05, 0.1) is 5.56 Å². The average molecular weight is 566 g/mol. The highest BCUT2D eigenvalue weighted by molar-refractivity contribution is 5.38. The quantitative estimate of drug-likeness (QED) is 0.132. The van der Waals surface area contributed by atoms with E-state index >= 15 is 0 Å². The molecule has 13 heteroatoms. The van der Waals surface area contributed by atoms with Gasteiger partial charge in [0.15, 0.2) is 23.6 Å². The fourth-order valence-corrected chi connectivity index (χ4v) is 3.24. The fraction of sp³-hybridized carbons (Fsp3) is 0.154. The topological polar surface area (TPSA) is 27.7 Å². The highest BCUT2D eigenvalue weighted by atomic mass is 19.3. The first-order valence-electron chi connectivity index (χ1n) is 10.7. The number of ether oxygens (including phenoxy) is 3. The Morgan fingerprint density at radius 2 is 1.23 bits per heavy atom. The van der Waals surface area contributed by atoms with Gasteiger partial charge in [-0.25, -0.2) is 17.6 Å². The lowest BCUT2D eigenvalue weighted by Crippen LogP contribution is -2.26. The number of halogens is 10. The van der Waals surface area contributed by atoms with Crippen LogP contribution in [0.1, 0.15) is 23.1 Å².